The minimum atomic E-state index is -1.16. The quantitative estimate of drug-likeness (QED) is 0.300. The Morgan fingerprint density at radius 1 is 1.19 bits per heavy atom. The molecule has 0 spiro atoms. The Morgan fingerprint density at radius 2 is 2.06 bits per heavy atom. The fourth-order valence-electron chi connectivity index (χ4n) is 3.93. The number of likely N-dealkylation sites (tertiary alicyclic amines) is 1. The van der Waals surface area contributed by atoms with Gasteiger partial charge in [-0.3, -0.25) is 14.4 Å². The third-order valence-corrected chi connectivity index (χ3v) is 5.33. The van der Waals surface area contributed by atoms with Crippen LogP contribution in [0.4, 0.5) is 0 Å². The van der Waals surface area contributed by atoms with Gasteiger partial charge in [0.1, 0.15) is 23.5 Å². The van der Waals surface area contributed by atoms with Gasteiger partial charge in [-0.15, -0.1) is 0 Å². The van der Waals surface area contributed by atoms with Crippen LogP contribution in [0.1, 0.15) is 35.5 Å². The van der Waals surface area contributed by atoms with Crippen molar-refractivity contribution in [2.75, 3.05) is 13.2 Å². The van der Waals surface area contributed by atoms with Crippen molar-refractivity contribution in [3.8, 4) is 5.75 Å². The molecule has 1 fully saturated rings. The van der Waals surface area contributed by atoms with Crippen molar-refractivity contribution in [3.05, 3.63) is 72.7 Å². The van der Waals surface area contributed by atoms with Crippen molar-refractivity contribution >= 4 is 17.5 Å². The van der Waals surface area contributed by atoms with Crippen LogP contribution in [0.25, 0.3) is 0 Å². The monoisotopic (exact) mass is 421 g/mol. The average Bonchev–Trinajstić information content (AvgIpc) is 3.52. The minimum absolute atomic E-state index is 0.316. The molecule has 8 nitrogen and oxygen atoms in total. The van der Waals surface area contributed by atoms with E-state index in [-0.39, 0.29) is 0 Å². The summed E-state index contributed by atoms with van der Waals surface area (Å²) in [6.07, 6.45) is 7.29. The summed E-state index contributed by atoms with van der Waals surface area (Å²) >= 11 is 0. The number of ether oxygens (including phenoxy) is 1. The molecular weight excluding hydrogens is 398 g/mol. The largest absolute Gasteiger partial charge is 0.494 e. The maximum Gasteiger partial charge on any atom is 0.291 e. The Kier molecular flexibility index (Phi) is 5.97. The Balaban J connectivity index is 1.61. The zero-order valence-corrected chi connectivity index (χ0v) is 17.1. The topological polar surface area (TPSA) is 94.6 Å². The highest BCUT2D eigenvalue weighted by Crippen LogP contribution is 2.38. The number of ketones is 2. The molecule has 1 amide bonds. The second kappa shape index (κ2) is 8.99. The number of benzene rings is 1. The smallest absolute Gasteiger partial charge is 0.291 e. The van der Waals surface area contributed by atoms with Gasteiger partial charge in [0, 0.05) is 31.0 Å². The molecule has 0 radical (unpaired) electrons. The predicted octanol–water partition coefficient (Wildman–Crippen LogP) is 2.92. The van der Waals surface area contributed by atoms with E-state index >= 15 is 0 Å². The van der Waals surface area contributed by atoms with E-state index in [1.54, 1.807) is 48.9 Å². The van der Waals surface area contributed by atoms with Crippen LogP contribution in [0.15, 0.2) is 65.8 Å². The molecule has 1 saturated heterocycles. The number of aromatic nitrogens is 2. The van der Waals surface area contributed by atoms with Gasteiger partial charge in [-0.25, -0.2) is 4.98 Å². The van der Waals surface area contributed by atoms with Crippen LogP contribution in [-0.2, 0) is 16.1 Å². The molecule has 3 aromatic rings. The van der Waals surface area contributed by atoms with E-state index in [0.29, 0.717) is 43.2 Å². The van der Waals surface area contributed by atoms with E-state index in [0.717, 1.165) is 0 Å². The molecule has 0 aliphatic carbocycles. The van der Waals surface area contributed by atoms with E-state index in [4.69, 9.17) is 9.15 Å². The number of nitrogens with zero attached hydrogens (tertiary/aromatic N) is 3. The van der Waals surface area contributed by atoms with Gasteiger partial charge in [0.2, 0.25) is 5.78 Å². The van der Waals surface area contributed by atoms with Crippen LogP contribution in [0.2, 0.25) is 0 Å². The van der Waals surface area contributed by atoms with E-state index in [9.17, 15) is 14.4 Å². The van der Waals surface area contributed by atoms with Crippen LogP contribution >= 0.6 is 0 Å². The third-order valence-electron chi connectivity index (χ3n) is 5.33. The number of rotatable bonds is 9. The lowest BCUT2D eigenvalue weighted by Gasteiger charge is -2.25. The Bertz CT molecular complexity index is 1060. The number of amides is 1. The van der Waals surface area contributed by atoms with Crippen molar-refractivity contribution in [1.82, 2.24) is 14.5 Å². The molecule has 2 aromatic heterocycles. The van der Waals surface area contributed by atoms with Crippen molar-refractivity contribution in [2.24, 2.45) is 5.92 Å². The highest BCUT2D eigenvalue weighted by atomic mass is 16.5. The molecule has 3 heterocycles. The second-order valence-electron chi connectivity index (χ2n) is 7.28. The number of hydrogen-bond acceptors (Lipinski definition) is 6. The zero-order valence-electron chi connectivity index (χ0n) is 17.1. The molecular formula is C23H23N3O5. The summed E-state index contributed by atoms with van der Waals surface area (Å²) in [5, 5.41) is 0. The van der Waals surface area contributed by atoms with Gasteiger partial charge >= 0.3 is 0 Å². The maximum absolute atomic E-state index is 13.4. The summed E-state index contributed by atoms with van der Waals surface area (Å²) in [4.78, 5) is 44.6. The lowest BCUT2D eigenvalue weighted by atomic mass is 9.88. The predicted molar refractivity (Wildman–Crippen MR) is 110 cm³/mol. The van der Waals surface area contributed by atoms with Gasteiger partial charge in [-0.2, -0.15) is 0 Å². The average molecular weight is 421 g/mol. The SMILES string of the molecule is CCOc1cccc(C(=O)C2C(=O)C(=O)N(CCCn3ccnc3)C2c2ccco2)c1. The summed E-state index contributed by atoms with van der Waals surface area (Å²) in [6.45, 7) is 3.26. The first-order valence-corrected chi connectivity index (χ1v) is 10.2. The van der Waals surface area contributed by atoms with Crippen LogP contribution in [0, 0.1) is 5.92 Å². The van der Waals surface area contributed by atoms with E-state index < -0.39 is 29.4 Å². The van der Waals surface area contributed by atoms with Crippen molar-refractivity contribution < 1.29 is 23.5 Å². The number of imidazole rings is 1. The summed E-state index contributed by atoms with van der Waals surface area (Å²) in [5.74, 6) is -2.00. The van der Waals surface area contributed by atoms with Gasteiger partial charge in [-0.05, 0) is 37.6 Å². The van der Waals surface area contributed by atoms with E-state index in [1.807, 2.05) is 17.7 Å². The third kappa shape index (κ3) is 4.14. The first-order valence-electron chi connectivity index (χ1n) is 10.2. The van der Waals surface area contributed by atoms with Gasteiger partial charge < -0.3 is 18.6 Å². The van der Waals surface area contributed by atoms with E-state index in [2.05, 4.69) is 4.98 Å². The van der Waals surface area contributed by atoms with Crippen LogP contribution in [0.5, 0.6) is 5.75 Å². The lowest BCUT2D eigenvalue weighted by molar-refractivity contribution is -0.140. The number of carbonyl (C=O) groups is 3. The maximum atomic E-state index is 13.4. The zero-order chi connectivity index (χ0) is 21.8. The fraction of sp³-hybridized carbons (Fsp3) is 0.304. The summed E-state index contributed by atoms with van der Waals surface area (Å²) < 4.78 is 12.9. The molecule has 1 aliphatic heterocycles. The highest BCUT2D eigenvalue weighted by Gasteiger charge is 2.52. The molecule has 1 aliphatic rings. The van der Waals surface area contributed by atoms with Crippen LogP contribution < -0.4 is 4.74 Å². The van der Waals surface area contributed by atoms with Crippen LogP contribution in [0.3, 0.4) is 0 Å². The second-order valence-corrected chi connectivity index (χ2v) is 7.28. The molecule has 1 aromatic carbocycles. The number of Topliss-reactive ketones (excluding diaryl/α,β-unsaturated/α-hetero) is 2. The summed E-state index contributed by atoms with van der Waals surface area (Å²) in [6, 6.07) is 9.27. The van der Waals surface area contributed by atoms with Gasteiger partial charge in [0.25, 0.3) is 5.91 Å². The molecule has 0 N–H and O–H groups in total. The summed E-state index contributed by atoms with van der Waals surface area (Å²) in [7, 11) is 0. The van der Waals surface area contributed by atoms with Crippen molar-refractivity contribution in [3.63, 3.8) is 0 Å². The molecule has 8 heteroatoms. The first-order chi connectivity index (χ1) is 15.1. The van der Waals surface area contributed by atoms with Crippen LogP contribution in [-0.4, -0.2) is 45.1 Å². The normalized spacial score (nSPS) is 18.5. The Labute approximate surface area is 179 Å². The minimum Gasteiger partial charge on any atom is -0.494 e. The van der Waals surface area contributed by atoms with Gasteiger partial charge in [0.05, 0.1) is 19.2 Å². The standard InChI is InChI=1S/C23H23N3O5/c1-2-30-17-7-3-6-16(14-17)21(27)19-20(18-8-4-13-31-18)26(23(29)22(19)28)11-5-10-25-12-9-24-15-25/h3-4,6-9,12-15,19-20H,2,5,10-11H2,1H3. The molecule has 2 atom stereocenters. The van der Waals surface area contributed by atoms with Gasteiger partial charge in [0.15, 0.2) is 5.78 Å². The first kappa shape index (κ1) is 20.6. The van der Waals surface area contributed by atoms with Crippen molar-refractivity contribution in [1.29, 1.82) is 0 Å². The fourth-order valence-corrected chi connectivity index (χ4v) is 3.93. The number of hydrogen-bond donors (Lipinski definition) is 0. The number of aryl methyl sites for hydroxylation is 1. The molecule has 31 heavy (non-hydrogen) atoms. The molecule has 0 saturated carbocycles. The number of furan rings is 1. The Morgan fingerprint density at radius 3 is 2.77 bits per heavy atom. The van der Waals surface area contributed by atoms with Gasteiger partial charge in [-0.1, -0.05) is 12.1 Å². The molecule has 2 unspecified atom stereocenters. The molecule has 160 valence electrons. The summed E-state index contributed by atoms with van der Waals surface area (Å²) in [5.41, 5.74) is 0.328. The molecule has 4 rings (SSSR count). The Hall–Kier alpha value is -3.68. The lowest BCUT2D eigenvalue weighted by Crippen LogP contribution is -2.32. The molecule has 0 bridgehead atoms. The van der Waals surface area contributed by atoms with E-state index in [1.165, 1.54) is 11.2 Å². The number of carbonyl (C=O) groups excluding carboxylic acids is 3. The highest BCUT2D eigenvalue weighted by molar-refractivity contribution is 6.44. The van der Waals surface area contributed by atoms with Crippen molar-refractivity contribution in [2.45, 2.75) is 25.9 Å².